The molecule has 1 aliphatic heterocycles. The maximum Gasteiger partial charge on any atom is 0.271 e. The highest BCUT2D eigenvalue weighted by Crippen LogP contribution is 2.29. The van der Waals surface area contributed by atoms with Gasteiger partial charge in [0.15, 0.2) is 0 Å². The van der Waals surface area contributed by atoms with Gasteiger partial charge in [-0.25, -0.2) is 13.8 Å². The Kier molecular flexibility index (Phi) is 4.50. The average molecular weight is 385 g/mol. The SMILES string of the molecule is CCn1c(CC2CC=NN2c2cc(F)ccc2F)nc2cc([N+](=O)[O-])ccc21. The quantitative estimate of drug-likeness (QED) is 0.490. The number of fused-ring (bicyclic) bond motifs is 1. The standard InChI is InChI=1S/C19H17F2N5O2/c1-2-24-17-6-4-14(26(27)28)10-16(17)23-19(24)11-13-7-8-22-25(13)18-9-12(20)3-5-15(18)21/h3-6,8-10,13H,2,7,11H2,1H3. The second kappa shape index (κ2) is 6.99. The molecule has 0 bridgehead atoms. The van der Waals surface area contributed by atoms with Crippen LogP contribution >= 0.6 is 0 Å². The monoisotopic (exact) mass is 385 g/mol. The number of non-ortho nitro benzene ring substituents is 1. The van der Waals surface area contributed by atoms with E-state index in [1.54, 1.807) is 12.3 Å². The Balaban J connectivity index is 1.69. The normalized spacial score (nSPS) is 16.2. The molecule has 144 valence electrons. The Hall–Kier alpha value is -3.36. The van der Waals surface area contributed by atoms with Gasteiger partial charge < -0.3 is 4.57 Å². The van der Waals surface area contributed by atoms with Gasteiger partial charge in [-0.3, -0.25) is 15.1 Å². The molecule has 0 spiro atoms. The zero-order valence-electron chi connectivity index (χ0n) is 15.0. The first kappa shape index (κ1) is 18.0. The number of hydrogen-bond donors (Lipinski definition) is 0. The fourth-order valence-corrected chi connectivity index (χ4v) is 3.54. The van der Waals surface area contributed by atoms with Gasteiger partial charge in [-0.05, 0) is 25.1 Å². The molecule has 0 N–H and O–H groups in total. The summed E-state index contributed by atoms with van der Waals surface area (Å²) in [4.78, 5) is 15.1. The lowest BCUT2D eigenvalue weighted by molar-refractivity contribution is -0.384. The van der Waals surface area contributed by atoms with Crippen LogP contribution in [0.5, 0.6) is 0 Å². The van der Waals surface area contributed by atoms with E-state index in [0.29, 0.717) is 24.9 Å². The number of halogens is 2. The molecule has 1 unspecified atom stereocenters. The number of imidazole rings is 1. The Morgan fingerprint density at radius 2 is 2.07 bits per heavy atom. The molecule has 1 atom stereocenters. The maximum absolute atomic E-state index is 14.2. The lowest BCUT2D eigenvalue weighted by atomic mass is 10.1. The van der Waals surface area contributed by atoms with E-state index in [2.05, 4.69) is 10.1 Å². The van der Waals surface area contributed by atoms with Crippen LogP contribution in [0.15, 0.2) is 41.5 Å². The van der Waals surface area contributed by atoms with E-state index in [-0.39, 0.29) is 17.4 Å². The zero-order chi connectivity index (χ0) is 19.8. The van der Waals surface area contributed by atoms with E-state index in [4.69, 9.17) is 0 Å². The van der Waals surface area contributed by atoms with Crippen LogP contribution in [0.1, 0.15) is 19.2 Å². The summed E-state index contributed by atoms with van der Waals surface area (Å²) in [5.41, 5.74) is 1.39. The summed E-state index contributed by atoms with van der Waals surface area (Å²) in [6.45, 7) is 2.59. The van der Waals surface area contributed by atoms with Crippen molar-refractivity contribution in [2.75, 3.05) is 5.01 Å². The number of aromatic nitrogens is 2. The first-order valence-electron chi connectivity index (χ1n) is 8.88. The van der Waals surface area contributed by atoms with Crippen LogP contribution < -0.4 is 5.01 Å². The van der Waals surface area contributed by atoms with Crippen LogP contribution in [0.4, 0.5) is 20.2 Å². The molecule has 28 heavy (non-hydrogen) atoms. The van der Waals surface area contributed by atoms with Crippen molar-refractivity contribution in [2.45, 2.75) is 32.4 Å². The lowest BCUT2D eigenvalue weighted by Gasteiger charge is -2.24. The molecular formula is C19H17F2N5O2. The second-order valence-electron chi connectivity index (χ2n) is 6.53. The number of aryl methyl sites for hydroxylation is 1. The molecule has 1 aliphatic rings. The van der Waals surface area contributed by atoms with Gasteiger partial charge in [-0.2, -0.15) is 5.10 Å². The van der Waals surface area contributed by atoms with Crippen LogP contribution in [-0.2, 0) is 13.0 Å². The Bertz CT molecular complexity index is 1100. The minimum Gasteiger partial charge on any atom is -0.328 e. The molecule has 3 aromatic rings. The molecule has 0 saturated heterocycles. The number of nitro groups is 1. The first-order valence-corrected chi connectivity index (χ1v) is 8.88. The van der Waals surface area contributed by atoms with Gasteiger partial charge in [0.2, 0.25) is 0 Å². The van der Waals surface area contributed by atoms with Crippen molar-refractivity contribution in [3.8, 4) is 0 Å². The number of nitro benzene ring substituents is 1. The Morgan fingerprint density at radius 1 is 1.25 bits per heavy atom. The summed E-state index contributed by atoms with van der Waals surface area (Å²) in [6.07, 6.45) is 2.66. The summed E-state index contributed by atoms with van der Waals surface area (Å²) in [5, 5.41) is 16.7. The second-order valence-corrected chi connectivity index (χ2v) is 6.53. The Morgan fingerprint density at radius 3 is 2.82 bits per heavy atom. The number of anilines is 1. The van der Waals surface area contributed by atoms with Crippen molar-refractivity contribution < 1.29 is 13.7 Å². The number of benzene rings is 2. The molecule has 2 aromatic carbocycles. The lowest BCUT2D eigenvalue weighted by Crippen LogP contribution is -2.30. The minimum atomic E-state index is -0.551. The number of hydrogen-bond acceptors (Lipinski definition) is 5. The summed E-state index contributed by atoms with van der Waals surface area (Å²) >= 11 is 0. The van der Waals surface area contributed by atoms with Crippen molar-refractivity contribution in [3.05, 3.63) is 64.0 Å². The fourth-order valence-electron chi connectivity index (χ4n) is 3.54. The number of nitrogens with zero attached hydrogens (tertiary/aromatic N) is 5. The highest BCUT2D eigenvalue weighted by molar-refractivity contribution is 5.79. The van der Waals surface area contributed by atoms with Gasteiger partial charge in [-0.15, -0.1) is 0 Å². The third-order valence-electron chi connectivity index (χ3n) is 4.84. The van der Waals surface area contributed by atoms with E-state index in [0.717, 1.165) is 29.5 Å². The van der Waals surface area contributed by atoms with E-state index >= 15 is 0 Å². The number of rotatable bonds is 5. The molecule has 0 radical (unpaired) electrons. The molecule has 0 aliphatic carbocycles. The van der Waals surface area contributed by atoms with Gasteiger partial charge in [0, 0.05) is 43.8 Å². The smallest absolute Gasteiger partial charge is 0.271 e. The van der Waals surface area contributed by atoms with Crippen LogP contribution in [0.25, 0.3) is 11.0 Å². The average Bonchev–Trinajstić information content (AvgIpc) is 3.27. The van der Waals surface area contributed by atoms with Crippen LogP contribution in [0, 0.1) is 21.7 Å². The summed E-state index contributed by atoms with van der Waals surface area (Å²) in [5.74, 6) is -0.370. The molecule has 0 saturated carbocycles. The predicted molar refractivity (Wildman–Crippen MR) is 101 cm³/mol. The molecule has 0 fully saturated rings. The summed E-state index contributed by atoms with van der Waals surface area (Å²) in [6, 6.07) is 7.62. The van der Waals surface area contributed by atoms with Crippen molar-refractivity contribution in [1.29, 1.82) is 0 Å². The van der Waals surface area contributed by atoms with E-state index in [1.807, 2.05) is 11.5 Å². The zero-order valence-corrected chi connectivity index (χ0v) is 15.0. The van der Waals surface area contributed by atoms with Gasteiger partial charge in [-0.1, -0.05) is 0 Å². The summed E-state index contributed by atoms with van der Waals surface area (Å²) in [7, 11) is 0. The molecule has 0 amide bonds. The van der Waals surface area contributed by atoms with Crippen LogP contribution in [0.3, 0.4) is 0 Å². The van der Waals surface area contributed by atoms with E-state index < -0.39 is 16.6 Å². The highest BCUT2D eigenvalue weighted by atomic mass is 19.1. The molecule has 9 heteroatoms. The van der Waals surface area contributed by atoms with E-state index in [1.165, 1.54) is 17.1 Å². The van der Waals surface area contributed by atoms with Crippen LogP contribution in [-0.4, -0.2) is 26.7 Å². The summed E-state index contributed by atoms with van der Waals surface area (Å²) < 4.78 is 29.8. The fraction of sp³-hybridized carbons (Fsp3) is 0.263. The first-order chi connectivity index (χ1) is 13.5. The van der Waals surface area contributed by atoms with Crippen molar-refractivity contribution in [2.24, 2.45) is 5.10 Å². The number of hydrazone groups is 1. The maximum atomic E-state index is 14.2. The Labute approximate surface area is 159 Å². The van der Waals surface area contributed by atoms with Gasteiger partial charge in [0.25, 0.3) is 5.69 Å². The van der Waals surface area contributed by atoms with Crippen molar-refractivity contribution in [3.63, 3.8) is 0 Å². The van der Waals surface area contributed by atoms with Gasteiger partial charge in [0.05, 0.1) is 27.7 Å². The van der Waals surface area contributed by atoms with Crippen LogP contribution in [0.2, 0.25) is 0 Å². The molecule has 1 aromatic heterocycles. The molecular weight excluding hydrogens is 368 g/mol. The predicted octanol–water partition coefficient (Wildman–Crippen LogP) is 4.05. The topological polar surface area (TPSA) is 76.6 Å². The molecule has 2 heterocycles. The van der Waals surface area contributed by atoms with Crippen molar-refractivity contribution in [1.82, 2.24) is 9.55 Å². The van der Waals surface area contributed by atoms with Gasteiger partial charge >= 0.3 is 0 Å². The van der Waals surface area contributed by atoms with Crippen molar-refractivity contribution >= 4 is 28.6 Å². The largest absolute Gasteiger partial charge is 0.328 e. The minimum absolute atomic E-state index is 0.0209. The van der Waals surface area contributed by atoms with E-state index in [9.17, 15) is 18.9 Å². The molecule has 4 rings (SSSR count). The van der Waals surface area contributed by atoms with Gasteiger partial charge in [0.1, 0.15) is 17.5 Å². The third kappa shape index (κ3) is 3.08. The highest BCUT2D eigenvalue weighted by Gasteiger charge is 2.27. The molecule has 7 nitrogen and oxygen atoms in total. The third-order valence-corrected chi connectivity index (χ3v) is 4.84.